The van der Waals surface area contributed by atoms with Crippen molar-refractivity contribution in [2.75, 3.05) is 11.5 Å². The third-order valence-corrected chi connectivity index (χ3v) is 6.53. The first-order valence-electron chi connectivity index (χ1n) is 11.7. The standard InChI is InChI=1S/C28H21BrN2O8S/c1-2-38-22-12-16(11-21(29)23(22)39-14-15-5-3-6-17(9-15)26(34)35)10-20-24(32)30-28(40)31(25(20)33)19-8-4-7-18(13-19)27(36)37/h3-13H,2,14H2,1H3,(H,34,35)(H,36,37)(H,30,32,40). The van der Waals surface area contributed by atoms with E-state index in [9.17, 15) is 29.4 Å². The highest BCUT2D eigenvalue weighted by atomic mass is 79.9. The van der Waals surface area contributed by atoms with Gasteiger partial charge in [-0.25, -0.2) is 9.59 Å². The van der Waals surface area contributed by atoms with E-state index < -0.39 is 23.8 Å². The molecule has 1 fully saturated rings. The molecule has 0 bridgehead atoms. The largest absolute Gasteiger partial charge is 0.490 e. The van der Waals surface area contributed by atoms with Crippen LogP contribution in [-0.4, -0.2) is 45.7 Å². The highest BCUT2D eigenvalue weighted by molar-refractivity contribution is 9.10. The fourth-order valence-electron chi connectivity index (χ4n) is 3.86. The second kappa shape index (κ2) is 12.1. The number of anilines is 1. The lowest BCUT2D eigenvalue weighted by Gasteiger charge is -2.29. The van der Waals surface area contributed by atoms with Crippen LogP contribution in [0.25, 0.3) is 6.08 Å². The molecule has 0 aromatic heterocycles. The lowest BCUT2D eigenvalue weighted by Crippen LogP contribution is -2.54. The van der Waals surface area contributed by atoms with E-state index in [1.165, 1.54) is 42.5 Å². The average molecular weight is 625 g/mol. The molecule has 0 atom stereocenters. The maximum atomic E-state index is 13.4. The van der Waals surface area contributed by atoms with Crippen LogP contribution in [0.15, 0.2) is 70.7 Å². The lowest BCUT2D eigenvalue weighted by molar-refractivity contribution is -0.122. The van der Waals surface area contributed by atoms with Gasteiger partial charge in [0, 0.05) is 0 Å². The highest BCUT2D eigenvalue weighted by Crippen LogP contribution is 2.38. The monoisotopic (exact) mass is 624 g/mol. The SMILES string of the molecule is CCOc1cc(C=C2C(=O)NC(=S)N(c3cccc(C(=O)O)c3)C2=O)cc(Br)c1OCc1cccc(C(=O)O)c1. The molecule has 1 aliphatic rings. The van der Waals surface area contributed by atoms with E-state index in [0.29, 0.717) is 33.7 Å². The third-order valence-electron chi connectivity index (χ3n) is 5.65. The summed E-state index contributed by atoms with van der Waals surface area (Å²) in [4.78, 5) is 49.9. The van der Waals surface area contributed by atoms with Crippen LogP contribution in [0.3, 0.4) is 0 Å². The van der Waals surface area contributed by atoms with Crippen LogP contribution in [0, 0.1) is 0 Å². The van der Waals surface area contributed by atoms with E-state index in [0.717, 1.165) is 4.90 Å². The number of carboxylic acid groups (broad SMARTS) is 2. The molecule has 40 heavy (non-hydrogen) atoms. The molecule has 0 spiro atoms. The summed E-state index contributed by atoms with van der Waals surface area (Å²) in [5, 5.41) is 20.8. The van der Waals surface area contributed by atoms with Gasteiger partial charge in [-0.3, -0.25) is 19.8 Å². The Morgan fingerprint density at radius 1 is 1.00 bits per heavy atom. The van der Waals surface area contributed by atoms with Crippen LogP contribution in [0.4, 0.5) is 5.69 Å². The van der Waals surface area contributed by atoms with Crippen LogP contribution in [-0.2, 0) is 16.2 Å². The number of carbonyl (C=O) groups excluding carboxylic acids is 2. The van der Waals surface area contributed by atoms with E-state index in [1.54, 1.807) is 31.2 Å². The van der Waals surface area contributed by atoms with Gasteiger partial charge in [-0.05, 0) is 94.7 Å². The molecule has 1 heterocycles. The highest BCUT2D eigenvalue weighted by Gasteiger charge is 2.35. The summed E-state index contributed by atoms with van der Waals surface area (Å²) in [6, 6.07) is 15.2. The zero-order valence-corrected chi connectivity index (χ0v) is 23.2. The summed E-state index contributed by atoms with van der Waals surface area (Å²) >= 11 is 8.65. The van der Waals surface area contributed by atoms with Gasteiger partial charge in [-0.1, -0.05) is 18.2 Å². The van der Waals surface area contributed by atoms with Gasteiger partial charge < -0.3 is 19.7 Å². The van der Waals surface area contributed by atoms with Gasteiger partial charge in [-0.2, -0.15) is 0 Å². The molecule has 0 aliphatic carbocycles. The first-order chi connectivity index (χ1) is 19.1. The minimum Gasteiger partial charge on any atom is -0.490 e. The number of aromatic carboxylic acids is 2. The number of benzene rings is 3. The van der Waals surface area contributed by atoms with Crippen molar-refractivity contribution < 1.29 is 38.9 Å². The molecule has 1 aliphatic heterocycles. The predicted molar refractivity (Wildman–Crippen MR) is 153 cm³/mol. The second-order valence-corrected chi connectivity index (χ2v) is 9.61. The summed E-state index contributed by atoms with van der Waals surface area (Å²) < 4.78 is 12.1. The zero-order valence-electron chi connectivity index (χ0n) is 20.8. The second-order valence-electron chi connectivity index (χ2n) is 8.37. The number of hydrogen-bond acceptors (Lipinski definition) is 7. The van der Waals surface area contributed by atoms with Crippen molar-refractivity contribution in [1.82, 2.24) is 5.32 Å². The molecule has 204 valence electrons. The number of thiocarbonyl (C=S) groups is 1. The van der Waals surface area contributed by atoms with E-state index in [-0.39, 0.29) is 34.1 Å². The van der Waals surface area contributed by atoms with Gasteiger partial charge in [0.1, 0.15) is 12.2 Å². The number of nitrogens with one attached hydrogen (secondary N) is 1. The first-order valence-corrected chi connectivity index (χ1v) is 12.9. The predicted octanol–water partition coefficient (Wildman–Crippen LogP) is 4.65. The van der Waals surface area contributed by atoms with Crippen LogP contribution >= 0.6 is 28.1 Å². The summed E-state index contributed by atoms with van der Waals surface area (Å²) in [5.41, 5.74) is 1.10. The lowest BCUT2D eigenvalue weighted by atomic mass is 10.1. The topological polar surface area (TPSA) is 142 Å². The Kier molecular flexibility index (Phi) is 8.61. The molecular formula is C28H21BrN2O8S. The minimum atomic E-state index is -1.18. The number of ether oxygens (including phenoxy) is 2. The minimum absolute atomic E-state index is 0.0499. The number of carbonyl (C=O) groups is 4. The Morgan fingerprint density at radius 2 is 1.68 bits per heavy atom. The molecule has 0 saturated carbocycles. The summed E-state index contributed by atoms with van der Waals surface area (Å²) in [5.74, 6) is -3.01. The number of hydrogen-bond donors (Lipinski definition) is 3. The summed E-state index contributed by atoms with van der Waals surface area (Å²) in [6.45, 7) is 2.13. The van der Waals surface area contributed by atoms with Crippen LogP contribution in [0.1, 0.15) is 38.8 Å². The Balaban J connectivity index is 1.66. The first kappa shape index (κ1) is 28.5. The summed E-state index contributed by atoms with van der Waals surface area (Å²) in [7, 11) is 0. The smallest absolute Gasteiger partial charge is 0.335 e. The van der Waals surface area contributed by atoms with Crippen molar-refractivity contribution >= 4 is 68.8 Å². The molecular weight excluding hydrogens is 604 g/mol. The molecule has 3 aromatic carbocycles. The Hall–Kier alpha value is -4.55. The Bertz CT molecular complexity index is 1590. The number of rotatable bonds is 9. The molecule has 1 saturated heterocycles. The van der Waals surface area contributed by atoms with E-state index in [4.69, 9.17) is 21.7 Å². The van der Waals surface area contributed by atoms with Crippen molar-refractivity contribution in [2.45, 2.75) is 13.5 Å². The van der Waals surface area contributed by atoms with Crippen molar-refractivity contribution in [3.05, 3.63) is 93.0 Å². The van der Waals surface area contributed by atoms with Crippen LogP contribution < -0.4 is 19.7 Å². The molecule has 3 N–H and O–H groups in total. The van der Waals surface area contributed by atoms with Crippen molar-refractivity contribution in [2.24, 2.45) is 0 Å². The Morgan fingerprint density at radius 3 is 2.35 bits per heavy atom. The number of nitrogens with zero attached hydrogens (tertiary/aromatic N) is 1. The van der Waals surface area contributed by atoms with Gasteiger partial charge in [0.2, 0.25) is 0 Å². The zero-order chi connectivity index (χ0) is 29.0. The Labute approximate surface area is 241 Å². The van der Waals surface area contributed by atoms with Gasteiger partial charge in [-0.15, -0.1) is 0 Å². The van der Waals surface area contributed by atoms with E-state index in [1.807, 2.05) is 0 Å². The molecule has 10 nitrogen and oxygen atoms in total. The van der Waals surface area contributed by atoms with Gasteiger partial charge in [0.05, 0.1) is 27.9 Å². The average Bonchev–Trinajstić information content (AvgIpc) is 2.91. The molecule has 2 amide bonds. The van der Waals surface area contributed by atoms with Gasteiger partial charge >= 0.3 is 11.9 Å². The van der Waals surface area contributed by atoms with Crippen LogP contribution in [0.5, 0.6) is 11.5 Å². The molecule has 4 rings (SSSR count). The number of halogens is 1. The molecule has 12 heteroatoms. The number of amides is 2. The van der Waals surface area contributed by atoms with Crippen molar-refractivity contribution in [3.8, 4) is 11.5 Å². The van der Waals surface area contributed by atoms with Gasteiger partial charge in [0.25, 0.3) is 11.8 Å². The van der Waals surface area contributed by atoms with E-state index >= 15 is 0 Å². The maximum absolute atomic E-state index is 13.4. The fraction of sp³-hybridized carbons (Fsp3) is 0.107. The number of carboxylic acids is 2. The fourth-order valence-corrected chi connectivity index (χ4v) is 4.72. The molecule has 0 radical (unpaired) electrons. The normalized spacial score (nSPS) is 14.2. The summed E-state index contributed by atoms with van der Waals surface area (Å²) in [6.07, 6.45) is 1.36. The van der Waals surface area contributed by atoms with E-state index in [2.05, 4.69) is 21.2 Å². The quantitative estimate of drug-likeness (QED) is 0.176. The van der Waals surface area contributed by atoms with Crippen molar-refractivity contribution in [3.63, 3.8) is 0 Å². The van der Waals surface area contributed by atoms with Crippen molar-refractivity contribution in [1.29, 1.82) is 0 Å². The van der Waals surface area contributed by atoms with Crippen LogP contribution in [0.2, 0.25) is 0 Å². The maximum Gasteiger partial charge on any atom is 0.335 e. The molecule has 3 aromatic rings. The molecule has 0 unspecified atom stereocenters. The van der Waals surface area contributed by atoms with Gasteiger partial charge in [0.15, 0.2) is 16.6 Å². The third kappa shape index (κ3) is 6.19.